The molecule has 1 aliphatic heterocycles. The van der Waals surface area contributed by atoms with Crippen LogP contribution in [-0.2, 0) is 30.4 Å². The highest BCUT2D eigenvalue weighted by molar-refractivity contribution is 6.18. The van der Waals surface area contributed by atoms with Gasteiger partial charge in [0.05, 0.1) is 14.2 Å². The molecule has 2 aromatic carbocycles. The highest BCUT2D eigenvalue weighted by atomic mass is 16.7. The molecule has 0 amide bonds. The summed E-state index contributed by atoms with van der Waals surface area (Å²) in [7, 11) is 2.80. The van der Waals surface area contributed by atoms with E-state index >= 15 is 0 Å². The highest BCUT2D eigenvalue weighted by Gasteiger charge is 2.38. The predicted octanol–water partition coefficient (Wildman–Crippen LogP) is 3.28. The summed E-state index contributed by atoms with van der Waals surface area (Å²) in [6, 6.07) is 11.8. The SMILES string of the molecule is COC(=O)c1ccccc1OCc1cc(C=C2C(=O)OC(C)(C)OC2=O)ccc1OC. The smallest absolute Gasteiger partial charge is 0.348 e. The molecule has 0 bridgehead atoms. The average Bonchev–Trinajstić information content (AvgIpc) is 2.74. The lowest BCUT2D eigenvalue weighted by Gasteiger charge is -2.29. The van der Waals surface area contributed by atoms with E-state index in [1.807, 2.05) is 0 Å². The minimum atomic E-state index is -1.31. The zero-order valence-electron chi connectivity index (χ0n) is 17.6. The number of methoxy groups -OCH3 is 2. The lowest BCUT2D eigenvalue weighted by molar-refractivity contribution is -0.222. The summed E-state index contributed by atoms with van der Waals surface area (Å²) in [6.45, 7) is 3.03. The van der Waals surface area contributed by atoms with Gasteiger partial charge in [-0.3, -0.25) is 0 Å². The predicted molar refractivity (Wildman–Crippen MR) is 109 cm³/mol. The maximum atomic E-state index is 12.2. The van der Waals surface area contributed by atoms with E-state index in [1.54, 1.807) is 42.5 Å². The molecule has 8 nitrogen and oxygen atoms in total. The fourth-order valence-corrected chi connectivity index (χ4v) is 2.97. The third-order valence-electron chi connectivity index (χ3n) is 4.41. The van der Waals surface area contributed by atoms with E-state index in [1.165, 1.54) is 34.1 Å². The van der Waals surface area contributed by atoms with Gasteiger partial charge < -0.3 is 23.7 Å². The fraction of sp³-hybridized carbons (Fsp3) is 0.261. The molecule has 1 fully saturated rings. The van der Waals surface area contributed by atoms with Gasteiger partial charge in [0, 0.05) is 19.4 Å². The van der Waals surface area contributed by atoms with E-state index in [0.717, 1.165) is 0 Å². The van der Waals surface area contributed by atoms with Gasteiger partial charge in [-0.2, -0.15) is 0 Å². The number of esters is 3. The largest absolute Gasteiger partial charge is 0.496 e. The molecule has 8 heteroatoms. The number of ether oxygens (including phenoxy) is 5. The molecule has 0 atom stereocenters. The van der Waals surface area contributed by atoms with Gasteiger partial charge in [-0.1, -0.05) is 18.2 Å². The molecule has 0 unspecified atom stereocenters. The Morgan fingerprint density at radius 3 is 2.32 bits per heavy atom. The summed E-state index contributed by atoms with van der Waals surface area (Å²) in [5.41, 5.74) is 1.25. The zero-order chi connectivity index (χ0) is 22.6. The molecule has 31 heavy (non-hydrogen) atoms. The van der Waals surface area contributed by atoms with Crippen molar-refractivity contribution in [3.8, 4) is 11.5 Å². The van der Waals surface area contributed by atoms with E-state index in [9.17, 15) is 14.4 Å². The number of cyclic esters (lactones) is 2. The van der Waals surface area contributed by atoms with Crippen molar-refractivity contribution in [3.05, 3.63) is 64.7 Å². The van der Waals surface area contributed by atoms with Gasteiger partial charge in [-0.25, -0.2) is 14.4 Å². The van der Waals surface area contributed by atoms with Crippen LogP contribution in [0.5, 0.6) is 11.5 Å². The average molecular weight is 426 g/mol. The topological polar surface area (TPSA) is 97.4 Å². The maximum absolute atomic E-state index is 12.2. The fourth-order valence-electron chi connectivity index (χ4n) is 2.97. The van der Waals surface area contributed by atoms with Crippen LogP contribution in [0.15, 0.2) is 48.0 Å². The Hall–Kier alpha value is -3.81. The second kappa shape index (κ2) is 8.91. The van der Waals surface area contributed by atoms with E-state index < -0.39 is 23.7 Å². The summed E-state index contributed by atoms with van der Waals surface area (Å²) >= 11 is 0. The van der Waals surface area contributed by atoms with Crippen LogP contribution in [0.2, 0.25) is 0 Å². The van der Waals surface area contributed by atoms with Gasteiger partial charge in [-0.05, 0) is 35.9 Å². The number of benzene rings is 2. The summed E-state index contributed by atoms with van der Waals surface area (Å²) in [5.74, 6) is -2.46. The zero-order valence-corrected chi connectivity index (χ0v) is 17.6. The minimum absolute atomic E-state index is 0.0656. The summed E-state index contributed by atoms with van der Waals surface area (Å²) < 4.78 is 26.2. The molecule has 162 valence electrons. The highest BCUT2D eigenvalue weighted by Crippen LogP contribution is 2.28. The molecule has 1 aliphatic rings. The number of para-hydroxylation sites is 1. The molecule has 0 aliphatic carbocycles. The molecule has 0 saturated carbocycles. The quantitative estimate of drug-likeness (QED) is 0.394. The van der Waals surface area contributed by atoms with Gasteiger partial charge in [0.25, 0.3) is 5.79 Å². The van der Waals surface area contributed by atoms with E-state index in [0.29, 0.717) is 22.6 Å². The second-order valence-corrected chi connectivity index (χ2v) is 7.08. The van der Waals surface area contributed by atoms with Crippen molar-refractivity contribution in [3.63, 3.8) is 0 Å². The molecule has 0 spiro atoms. The Kier molecular flexibility index (Phi) is 6.29. The van der Waals surface area contributed by atoms with Crippen molar-refractivity contribution in [1.29, 1.82) is 0 Å². The number of carbonyl (C=O) groups excluding carboxylic acids is 3. The lowest BCUT2D eigenvalue weighted by Crippen LogP contribution is -2.41. The lowest BCUT2D eigenvalue weighted by atomic mass is 10.1. The molecule has 3 rings (SSSR count). The molecule has 0 radical (unpaired) electrons. The van der Waals surface area contributed by atoms with Crippen molar-refractivity contribution >= 4 is 24.0 Å². The minimum Gasteiger partial charge on any atom is -0.496 e. The van der Waals surface area contributed by atoms with Crippen molar-refractivity contribution in [2.75, 3.05) is 14.2 Å². The monoisotopic (exact) mass is 426 g/mol. The van der Waals surface area contributed by atoms with Crippen LogP contribution < -0.4 is 9.47 Å². The molecule has 2 aromatic rings. The first kappa shape index (κ1) is 21.9. The first-order valence-corrected chi connectivity index (χ1v) is 9.39. The normalized spacial score (nSPS) is 14.9. The first-order chi connectivity index (χ1) is 14.7. The molecule has 1 heterocycles. The van der Waals surface area contributed by atoms with E-state index in [2.05, 4.69) is 0 Å². The van der Waals surface area contributed by atoms with Gasteiger partial charge in [-0.15, -0.1) is 0 Å². The van der Waals surface area contributed by atoms with Crippen LogP contribution >= 0.6 is 0 Å². The van der Waals surface area contributed by atoms with Crippen molar-refractivity contribution < 1.29 is 38.1 Å². The van der Waals surface area contributed by atoms with Crippen LogP contribution in [0.1, 0.15) is 35.3 Å². The maximum Gasteiger partial charge on any atom is 0.348 e. The van der Waals surface area contributed by atoms with Crippen LogP contribution in [0.3, 0.4) is 0 Å². The Morgan fingerprint density at radius 2 is 1.68 bits per heavy atom. The number of rotatable bonds is 6. The van der Waals surface area contributed by atoms with Crippen LogP contribution in [0.4, 0.5) is 0 Å². The number of hydrogen-bond acceptors (Lipinski definition) is 8. The molecule has 0 N–H and O–H groups in total. The van der Waals surface area contributed by atoms with E-state index in [4.69, 9.17) is 23.7 Å². The molecular weight excluding hydrogens is 404 g/mol. The third kappa shape index (κ3) is 5.03. The third-order valence-corrected chi connectivity index (χ3v) is 4.41. The molecule has 1 saturated heterocycles. The second-order valence-electron chi connectivity index (χ2n) is 7.08. The summed E-state index contributed by atoms with van der Waals surface area (Å²) in [6.07, 6.45) is 1.38. The van der Waals surface area contributed by atoms with Crippen molar-refractivity contribution in [2.45, 2.75) is 26.2 Å². The standard InChI is InChI=1S/C23H22O8/c1-23(2)30-21(25)17(22(26)31-23)12-14-9-10-18(27-3)15(11-14)13-29-19-8-6-5-7-16(19)20(24)28-4/h5-12H,13H2,1-4H3. The van der Waals surface area contributed by atoms with Crippen LogP contribution in [0, 0.1) is 0 Å². The van der Waals surface area contributed by atoms with E-state index in [-0.39, 0.29) is 17.7 Å². The van der Waals surface area contributed by atoms with Gasteiger partial charge in [0.15, 0.2) is 0 Å². The van der Waals surface area contributed by atoms with Gasteiger partial charge in [0.2, 0.25) is 0 Å². The first-order valence-electron chi connectivity index (χ1n) is 9.39. The number of carbonyl (C=O) groups is 3. The molecule has 0 aromatic heterocycles. The van der Waals surface area contributed by atoms with Crippen LogP contribution in [-0.4, -0.2) is 37.9 Å². The Bertz CT molecular complexity index is 1030. The molecular formula is C23H22O8. The Morgan fingerprint density at radius 1 is 1.00 bits per heavy atom. The Labute approximate surface area is 179 Å². The summed E-state index contributed by atoms with van der Waals surface area (Å²) in [4.78, 5) is 36.3. The Balaban J connectivity index is 1.86. The summed E-state index contributed by atoms with van der Waals surface area (Å²) in [5, 5.41) is 0. The van der Waals surface area contributed by atoms with Gasteiger partial charge >= 0.3 is 17.9 Å². The van der Waals surface area contributed by atoms with Crippen LogP contribution in [0.25, 0.3) is 6.08 Å². The number of hydrogen-bond donors (Lipinski definition) is 0. The van der Waals surface area contributed by atoms with Crippen molar-refractivity contribution in [1.82, 2.24) is 0 Å². The van der Waals surface area contributed by atoms with Crippen molar-refractivity contribution in [2.24, 2.45) is 0 Å². The van der Waals surface area contributed by atoms with Gasteiger partial charge in [0.1, 0.15) is 29.2 Å².